The van der Waals surface area contributed by atoms with Gasteiger partial charge in [-0.15, -0.1) is 0 Å². The largest absolute Gasteiger partial charge is 0.469 e. The summed E-state index contributed by atoms with van der Waals surface area (Å²) in [6.45, 7) is 2.71. The van der Waals surface area contributed by atoms with Crippen molar-refractivity contribution in [1.82, 2.24) is 4.90 Å². The van der Waals surface area contributed by atoms with Crippen LogP contribution in [0.2, 0.25) is 0 Å². The van der Waals surface area contributed by atoms with Gasteiger partial charge < -0.3 is 14.4 Å². The first-order valence-electron chi connectivity index (χ1n) is 6.97. The van der Waals surface area contributed by atoms with Crippen molar-refractivity contribution in [1.29, 1.82) is 0 Å². The molecule has 0 N–H and O–H groups in total. The standard InChI is InChI=1S/C14H25NO4/c1-11(18-2)7-8-13(16)15-9-5-4-6-12(15)10-14(17)19-3/h11-12H,4-10H2,1-3H3. The molecule has 1 aliphatic rings. The molecule has 0 radical (unpaired) electrons. The fourth-order valence-corrected chi connectivity index (χ4v) is 2.41. The van der Waals surface area contributed by atoms with Gasteiger partial charge in [-0.3, -0.25) is 9.59 Å². The highest BCUT2D eigenvalue weighted by molar-refractivity contribution is 5.78. The molecule has 1 amide bonds. The van der Waals surface area contributed by atoms with E-state index in [1.165, 1.54) is 7.11 Å². The summed E-state index contributed by atoms with van der Waals surface area (Å²) in [6.07, 6.45) is 4.57. The minimum absolute atomic E-state index is 0.00607. The van der Waals surface area contributed by atoms with Crippen LogP contribution in [0.3, 0.4) is 0 Å². The van der Waals surface area contributed by atoms with Gasteiger partial charge in [0, 0.05) is 26.1 Å². The van der Waals surface area contributed by atoms with Crippen LogP contribution in [0, 0.1) is 0 Å². The lowest BCUT2D eigenvalue weighted by Gasteiger charge is -2.35. The van der Waals surface area contributed by atoms with Gasteiger partial charge in [-0.1, -0.05) is 0 Å². The molecule has 0 aromatic carbocycles. The van der Waals surface area contributed by atoms with E-state index in [2.05, 4.69) is 0 Å². The van der Waals surface area contributed by atoms with E-state index in [4.69, 9.17) is 9.47 Å². The molecule has 5 heteroatoms. The van der Waals surface area contributed by atoms with Crippen molar-refractivity contribution < 1.29 is 19.1 Å². The Morgan fingerprint density at radius 3 is 2.68 bits per heavy atom. The third-order valence-corrected chi connectivity index (χ3v) is 3.74. The molecule has 1 heterocycles. The van der Waals surface area contributed by atoms with Crippen molar-refractivity contribution in [3.63, 3.8) is 0 Å². The van der Waals surface area contributed by atoms with E-state index in [9.17, 15) is 9.59 Å². The third-order valence-electron chi connectivity index (χ3n) is 3.74. The average molecular weight is 271 g/mol. The summed E-state index contributed by atoms with van der Waals surface area (Å²) in [6, 6.07) is 0.00607. The Labute approximate surface area is 115 Å². The Bertz CT molecular complexity index is 306. The van der Waals surface area contributed by atoms with E-state index in [0.29, 0.717) is 12.8 Å². The van der Waals surface area contributed by atoms with Crippen molar-refractivity contribution in [2.75, 3.05) is 20.8 Å². The van der Waals surface area contributed by atoms with Crippen molar-refractivity contribution >= 4 is 11.9 Å². The maximum absolute atomic E-state index is 12.2. The minimum atomic E-state index is -0.241. The van der Waals surface area contributed by atoms with Gasteiger partial charge in [0.05, 0.1) is 19.6 Å². The lowest BCUT2D eigenvalue weighted by Crippen LogP contribution is -2.45. The second-order valence-corrected chi connectivity index (χ2v) is 5.10. The van der Waals surface area contributed by atoms with Gasteiger partial charge in [-0.2, -0.15) is 0 Å². The number of piperidine rings is 1. The summed E-state index contributed by atoms with van der Waals surface area (Å²) in [5.41, 5.74) is 0. The third kappa shape index (κ3) is 5.19. The van der Waals surface area contributed by atoms with Crippen LogP contribution in [-0.2, 0) is 19.1 Å². The number of carbonyl (C=O) groups is 2. The van der Waals surface area contributed by atoms with E-state index in [0.717, 1.165) is 32.2 Å². The van der Waals surface area contributed by atoms with Crippen LogP contribution in [0.1, 0.15) is 45.4 Å². The van der Waals surface area contributed by atoms with E-state index >= 15 is 0 Å². The van der Waals surface area contributed by atoms with Crippen LogP contribution < -0.4 is 0 Å². The number of likely N-dealkylation sites (tertiary alicyclic amines) is 1. The number of rotatable bonds is 6. The average Bonchev–Trinajstić information content (AvgIpc) is 2.44. The highest BCUT2D eigenvalue weighted by atomic mass is 16.5. The fraction of sp³-hybridized carbons (Fsp3) is 0.857. The monoisotopic (exact) mass is 271 g/mol. The summed E-state index contributed by atoms with van der Waals surface area (Å²) in [7, 11) is 3.04. The number of esters is 1. The number of ether oxygens (including phenoxy) is 2. The number of nitrogens with zero attached hydrogens (tertiary/aromatic N) is 1. The Hall–Kier alpha value is -1.10. The van der Waals surface area contributed by atoms with Crippen LogP contribution in [0.4, 0.5) is 0 Å². The maximum Gasteiger partial charge on any atom is 0.307 e. The smallest absolute Gasteiger partial charge is 0.307 e. The topological polar surface area (TPSA) is 55.8 Å². The molecular formula is C14H25NO4. The van der Waals surface area contributed by atoms with Crippen molar-refractivity contribution in [3.05, 3.63) is 0 Å². The van der Waals surface area contributed by atoms with Crippen molar-refractivity contribution in [2.24, 2.45) is 0 Å². The number of methoxy groups -OCH3 is 2. The predicted octanol–water partition coefficient (Wildman–Crippen LogP) is 1.75. The summed E-state index contributed by atoms with van der Waals surface area (Å²) >= 11 is 0. The van der Waals surface area contributed by atoms with E-state index in [1.54, 1.807) is 7.11 Å². The molecule has 0 aromatic heterocycles. The quantitative estimate of drug-likeness (QED) is 0.691. The molecule has 0 bridgehead atoms. The Morgan fingerprint density at radius 1 is 1.32 bits per heavy atom. The molecule has 110 valence electrons. The van der Waals surface area contributed by atoms with Crippen LogP contribution in [0.15, 0.2) is 0 Å². The summed E-state index contributed by atoms with van der Waals surface area (Å²) in [4.78, 5) is 25.4. The molecule has 1 fully saturated rings. The summed E-state index contributed by atoms with van der Waals surface area (Å²) in [5.74, 6) is -0.118. The number of hydrogen-bond donors (Lipinski definition) is 0. The lowest BCUT2D eigenvalue weighted by molar-refractivity contribution is -0.144. The summed E-state index contributed by atoms with van der Waals surface area (Å²) < 4.78 is 9.85. The molecule has 0 spiro atoms. The Kier molecular flexibility index (Phi) is 6.84. The molecule has 1 rings (SSSR count). The van der Waals surface area contributed by atoms with Gasteiger partial charge in [0.2, 0.25) is 5.91 Å². The van der Waals surface area contributed by atoms with Crippen molar-refractivity contribution in [3.8, 4) is 0 Å². The molecule has 1 saturated heterocycles. The van der Waals surface area contributed by atoms with Crippen LogP contribution in [0.5, 0.6) is 0 Å². The molecule has 0 saturated carbocycles. The molecular weight excluding hydrogens is 246 g/mol. The fourth-order valence-electron chi connectivity index (χ4n) is 2.41. The molecule has 1 aliphatic heterocycles. The second kappa shape index (κ2) is 8.15. The molecule has 0 aliphatic carbocycles. The first kappa shape index (κ1) is 16.0. The highest BCUT2D eigenvalue weighted by Crippen LogP contribution is 2.21. The predicted molar refractivity (Wildman–Crippen MR) is 71.7 cm³/mol. The Balaban J connectivity index is 2.50. The number of carbonyl (C=O) groups excluding carboxylic acids is 2. The zero-order valence-corrected chi connectivity index (χ0v) is 12.2. The van der Waals surface area contributed by atoms with Gasteiger partial charge in [0.15, 0.2) is 0 Å². The van der Waals surface area contributed by atoms with Gasteiger partial charge in [-0.05, 0) is 32.6 Å². The normalized spacial score (nSPS) is 21.0. The van der Waals surface area contributed by atoms with E-state index < -0.39 is 0 Å². The van der Waals surface area contributed by atoms with Crippen molar-refractivity contribution in [2.45, 2.75) is 57.6 Å². The van der Waals surface area contributed by atoms with Gasteiger partial charge in [-0.25, -0.2) is 0 Å². The zero-order valence-electron chi connectivity index (χ0n) is 12.2. The zero-order chi connectivity index (χ0) is 14.3. The van der Waals surface area contributed by atoms with Gasteiger partial charge >= 0.3 is 5.97 Å². The SMILES string of the molecule is COC(=O)CC1CCCCN1C(=O)CCC(C)OC. The van der Waals surface area contributed by atoms with E-state index in [-0.39, 0.29) is 24.0 Å². The number of hydrogen-bond acceptors (Lipinski definition) is 4. The van der Waals surface area contributed by atoms with Crippen LogP contribution in [0.25, 0.3) is 0 Å². The lowest BCUT2D eigenvalue weighted by atomic mass is 9.98. The van der Waals surface area contributed by atoms with Crippen LogP contribution >= 0.6 is 0 Å². The number of amides is 1. The second-order valence-electron chi connectivity index (χ2n) is 5.10. The van der Waals surface area contributed by atoms with Crippen LogP contribution in [-0.4, -0.2) is 49.7 Å². The molecule has 0 aromatic rings. The van der Waals surface area contributed by atoms with Gasteiger partial charge in [0.25, 0.3) is 0 Å². The molecule has 2 atom stereocenters. The summed E-state index contributed by atoms with van der Waals surface area (Å²) in [5, 5.41) is 0. The van der Waals surface area contributed by atoms with E-state index in [1.807, 2.05) is 11.8 Å². The first-order valence-corrected chi connectivity index (χ1v) is 6.97. The maximum atomic E-state index is 12.2. The highest BCUT2D eigenvalue weighted by Gasteiger charge is 2.28. The first-order chi connectivity index (χ1) is 9.08. The molecule has 5 nitrogen and oxygen atoms in total. The molecule has 19 heavy (non-hydrogen) atoms. The van der Waals surface area contributed by atoms with Gasteiger partial charge in [0.1, 0.15) is 0 Å². The molecule has 2 unspecified atom stereocenters. The Morgan fingerprint density at radius 2 is 2.05 bits per heavy atom. The minimum Gasteiger partial charge on any atom is -0.469 e.